The number of aromatic hydroxyl groups is 1. The van der Waals surface area contributed by atoms with Crippen LogP contribution < -0.4 is 10.9 Å². The molecule has 186 valence electrons. The SMILES string of the molecule is Cc1cc(CO)cc(-c2cnc3ncn(-c4cccc(O)c4)c(=O)c3c2CN(C)C[C@@H]2CCCN2)c1. The van der Waals surface area contributed by atoms with Crippen LogP contribution in [0.4, 0.5) is 0 Å². The molecule has 8 nitrogen and oxygen atoms in total. The summed E-state index contributed by atoms with van der Waals surface area (Å²) < 4.78 is 1.45. The van der Waals surface area contributed by atoms with E-state index in [4.69, 9.17) is 0 Å². The summed E-state index contributed by atoms with van der Waals surface area (Å²) in [7, 11) is 2.07. The van der Waals surface area contributed by atoms with Crippen molar-refractivity contribution in [2.45, 2.75) is 39.0 Å². The summed E-state index contributed by atoms with van der Waals surface area (Å²) in [6.07, 6.45) is 5.55. The molecule has 36 heavy (non-hydrogen) atoms. The molecule has 3 heterocycles. The number of aromatic nitrogens is 3. The number of phenols is 1. The van der Waals surface area contributed by atoms with Crippen molar-refractivity contribution in [3.05, 3.63) is 82.0 Å². The number of rotatable bonds is 7. The van der Waals surface area contributed by atoms with Gasteiger partial charge in [-0.3, -0.25) is 9.36 Å². The van der Waals surface area contributed by atoms with Crippen LogP contribution in [0.2, 0.25) is 0 Å². The van der Waals surface area contributed by atoms with Gasteiger partial charge in [-0.05, 0) is 68.2 Å². The Morgan fingerprint density at radius 3 is 2.81 bits per heavy atom. The number of hydrogen-bond acceptors (Lipinski definition) is 7. The predicted molar refractivity (Wildman–Crippen MR) is 140 cm³/mol. The maximum absolute atomic E-state index is 13.9. The molecule has 1 aliphatic rings. The lowest BCUT2D eigenvalue weighted by atomic mass is 9.95. The van der Waals surface area contributed by atoms with Crippen LogP contribution in [0, 0.1) is 6.92 Å². The molecular formula is C28H31N5O3. The number of aliphatic hydroxyl groups is 1. The fourth-order valence-electron chi connectivity index (χ4n) is 5.12. The number of nitrogens with zero attached hydrogens (tertiary/aromatic N) is 4. The molecule has 0 spiro atoms. The standard InChI is InChI=1S/C28H31N5O3/c1-18-9-19(16-34)11-20(10-18)24-13-30-27-26(25(24)15-32(2)14-21-5-4-8-29-21)28(36)33(17-31-27)22-6-3-7-23(35)12-22/h3,6-7,9-13,17,21,29,34-35H,4-5,8,14-16H2,1-2H3/t21-/m0/s1. The van der Waals surface area contributed by atoms with Gasteiger partial charge in [0.2, 0.25) is 0 Å². The molecule has 0 radical (unpaired) electrons. The molecule has 3 N–H and O–H groups in total. The normalized spacial score (nSPS) is 15.7. The van der Waals surface area contributed by atoms with Crippen LogP contribution in [0.5, 0.6) is 5.75 Å². The number of benzene rings is 2. The topological polar surface area (TPSA) is 104 Å². The first-order chi connectivity index (χ1) is 17.4. The third-order valence-electron chi connectivity index (χ3n) is 6.76. The van der Waals surface area contributed by atoms with E-state index in [-0.39, 0.29) is 17.9 Å². The second kappa shape index (κ2) is 10.2. The van der Waals surface area contributed by atoms with Gasteiger partial charge in [-0.1, -0.05) is 23.8 Å². The third kappa shape index (κ3) is 4.88. The quantitative estimate of drug-likeness (QED) is 0.370. The first-order valence-electron chi connectivity index (χ1n) is 12.3. The fraction of sp³-hybridized carbons (Fsp3) is 0.321. The average Bonchev–Trinajstić information content (AvgIpc) is 3.36. The second-order valence-electron chi connectivity index (χ2n) is 9.64. The minimum absolute atomic E-state index is 0.0653. The molecule has 0 amide bonds. The van der Waals surface area contributed by atoms with Crippen LogP contribution in [-0.2, 0) is 13.2 Å². The Bertz CT molecular complexity index is 1460. The number of hydrogen-bond donors (Lipinski definition) is 3. The first-order valence-corrected chi connectivity index (χ1v) is 12.3. The van der Waals surface area contributed by atoms with Gasteiger partial charge in [0.15, 0.2) is 5.65 Å². The zero-order valence-corrected chi connectivity index (χ0v) is 20.6. The van der Waals surface area contributed by atoms with E-state index >= 15 is 0 Å². The van der Waals surface area contributed by atoms with E-state index in [0.717, 1.165) is 47.3 Å². The van der Waals surface area contributed by atoms with E-state index in [2.05, 4.69) is 27.2 Å². The Morgan fingerprint density at radius 2 is 2.06 bits per heavy atom. The summed E-state index contributed by atoms with van der Waals surface area (Å²) in [5, 5.41) is 23.8. The highest BCUT2D eigenvalue weighted by Crippen LogP contribution is 2.30. The lowest BCUT2D eigenvalue weighted by molar-refractivity contribution is 0.282. The zero-order valence-electron chi connectivity index (χ0n) is 20.6. The summed E-state index contributed by atoms with van der Waals surface area (Å²) in [5.41, 5.74) is 5.12. The van der Waals surface area contributed by atoms with Crippen LogP contribution in [0.1, 0.15) is 29.5 Å². The van der Waals surface area contributed by atoms with Crippen molar-refractivity contribution in [2.24, 2.45) is 0 Å². The number of aliphatic hydroxyl groups excluding tert-OH is 1. The van der Waals surface area contributed by atoms with Crippen LogP contribution in [0.3, 0.4) is 0 Å². The number of pyridine rings is 1. The lowest BCUT2D eigenvalue weighted by Crippen LogP contribution is -2.35. The molecule has 4 aromatic rings. The van der Waals surface area contributed by atoms with Crippen molar-refractivity contribution in [2.75, 3.05) is 20.1 Å². The molecule has 8 heteroatoms. The van der Waals surface area contributed by atoms with Gasteiger partial charge in [0.05, 0.1) is 17.7 Å². The molecule has 0 saturated carbocycles. The molecule has 1 atom stereocenters. The van der Waals surface area contributed by atoms with E-state index in [9.17, 15) is 15.0 Å². The van der Waals surface area contributed by atoms with Gasteiger partial charge in [-0.25, -0.2) is 9.97 Å². The molecule has 1 fully saturated rings. The third-order valence-corrected chi connectivity index (χ3v) is 6.76. The number of aryl methyl sites for hydroxylation is 1. The highest BCUT2D eigenvalue weighted by molar-refractivity contribution is 5.86. The smallest absolute Gasteiger partial charge is 0.267 e. The molecule has 0 aliphatic carbocycles. The number of fused-ring (bicyclic) bond motifs is 1. The van der Waals surface area contributed by atoms with Crippen molar-refractivity contribution >= 4 is 11.0 Å². The van der Waals surface area contributed by atoms with E-state index in [1.807, 2.05) is 25.1 Å². The van der Waals surface area contributed by atoms with Gasteiger partial charge < -0.3 is 20.4 Å². The first kappa shape index (κ1) is 24.1. The van der Waals surface area contributed by atoms with Crippen LogP contribution in [-0.4, -0.2) is 55.8 Å². The maximum atomic E-state index is 13.9. The molecule has 0 bridgehead atoms. The number of likely N-dealkylation sites (N-methyl/N-ethyl adjacent to an activating group) is 1. The van der Waals surface area contributed by atoms with Crippen LogP contribution in [0.15, 0.2) is 59.8 Å². The Labute approximate surface area is 209 Å². The Morgan fingerprint density at radius 1 is 1.19 bits per heavy atom. The van der Waals surface area contributed by atoms with Gasteiger partial charge in [0.1, 0.15) is 12.1 Å². The van der Waals surface area contributed by atoms with Crippen molar-refractivity contribution in [1.29, 1.82) is 0 Å². The molecule has 2 aromatic carbocycles. The van der Waals surface area contributed by atoms with Gasteiger partial charge in [0, 0.05) is 37.0 Å². The average molecular weight is 486 g/mol. The van der Waals surface area contributed by atoms with Gasteiger partial charge in [0.25, 0.3) is 5.56 Å². The molecule has 0 unspecified atom stereocenters. The molecule has 2 aromatic heterocycles. The lowest BCUT2D eigenvalue weighted by Gasteiger charge is -2.23. The van der Waals surface area contributed by atoms with Crippen LogP contribution in [0.25, 0.3) is 27.8 Å². The largest absolute Gasteiger partial charge is 0.508 e. The highest BCUT2D eigenvalue weighted by Gasteiger charge is 2.21. The highest BCUT2D eigenvalue weighted by atomic mass is 16.3. The summed E-state index contributed by atoms with van der Waals surface area (Å²) in [4.78, 5) is 25.2. The minimum atomic E-state index is -0.239. The predicted octanol–water partition coefficient (Wildman–Crippen LogP) is 3.14. The Balaban J connectivity index is 1.70. The minimum Gasteiger partial charge on any atom is -0.508 e. The van der Waals surface area contributed by atoms with Gasteiger partial charge in [-0.15, -0.1) is 0 Å². The van der Waals surface area contributed by atoms with Crippen LogP contribution >= 0.6 is 0 Å². The summed E-state index contributed by atoms with van der Waals surface area (Å²) >= 11 is 0. The number of nitrogens with one attached hydrogen (secondary N) is 1. The van der Waals surface area contributed by atoms with Crippen molar-refractivity contribution < 1.29 is 10.2 Å². The van der Waals surface area contributed by atoms with Gasteiger partial charge in [-0.2, -0.15) is 0 Å². The van der Waals surface area contributed by atoms with Crippen molar-refractivity contribution in [3.8, 4) is 22.6 Å². The molecule has 5 rings (SSSR count). The van der Waals surface area contributed by atoms with E-state index in [0.29, 0.717) is 29.3 Å². The molecule has 1 aliphatic heterocycles. The monoisotopic (exact) mass is 485 g/mol. The molecule has 1 saturated heterocycles. The van der Waals surface area contributed by atoms with Crippen molar-refractivity contribution in [1.82, 2.24) is 24.8 Å². The summed E-state index contributed by atoms with van der Waals surface area (Å²) in [6, 6.07) is 12.9. The number of phenolic OH excluding ortho intramolecular Hbond substituents is 1. The maximum Gasteiger partial charge on any atom is 0.267 e. The second-order valence-corrected chi connectivity index (χ2v) is 9.64. The fourth-order valence-corrected chi connectivity index (χ4v) is 5.12. The molecular weight excluding hydrogens is 454 g/mol. The Kier molecular flexibility index (Phi) is 6.82. The zero-order chi connectivity index (χ0) is 25.2. The van der Waals surface area contributed by atoms with E-state index in [1.165, 1.54) is 23.4 Å². The summed E-state index contributed by atoms with van der Waals surface area (Å²) in [6.45, 7) is 4.36. The Hall–Kier alpha value is -3.59. The van der Waals surface area contributed by atoms with E-state index < -0.39 is 0 Å². The van der Waals surface area contributed by atoms with Crippen molar-refractivity contribution in [3.63, 3.8) is 0 Å². The van der Waals surface area contributed by atoms with Gasteiger partial charge >= 0.3 is 0 Å². The van der Waals surface area contributed by atoms with E-state index in [1.54, 1.807) is 24.4 Å². The summed E-state index contributed by atoms with van der Waals surface area (Å²) in [5.74, 6) is 0.0756.